The summed E-state index contributed by atoms with van der Waals surface area (Å²) in [6, 6.07) is 52.4. The Morgan fingerprint density at radius 3 is 2.11 bits per heavy atom. The molecule has 54 heavy (non-hydrogen) atoms. The fourth-order valence-electron chi connectivity index (χ4n) is 7.02. The van der Waals surface area contributed by atoms with E-state index < -0.39 is 0 Å². The van der Waals surface area contributed by atoms with Crippen LogP contribution in [0.3, 0.4) is 0 Å². The van der Waals surface area contributed by atoms with Gasteiger partial charge in [0.1, 0.15) is 0 Å². The Morgan fingerprint density at radius 1 is 0.481 bits per heavy atom. The number of benzene rings is 5. The number of hydrogen-bond donors (Lipinski definition) is 0. The van der Waals surface area contributed by atoms with Gasteiger partial charge >= 0.3 is 0 Å². The molecule has 0 aliphatic rings. The Morgan fingerprint density at radius 2 is 1.31 bits per heavy atom. The van der Waals surface area contributed by atoms with Crippen LogP contribution in [0.2, 0.25) is 0 Å². The maximum atomic E-state index is 4.76. The van der Waals surface area contributed by atoms with Crippen molar-refractivity contribution in [3.8, 4) is 55.9 Å². The molecule has 5 heteroatoms. The summed E-state index contributed by atoms with van der Waals surface area (Å²) in [4.78, 5) is 17.9. The predicted octanol–water partition coefficient (Wildman–Crippen LogP) is 12.1. The third-order valence-corrected chi connectivity index (χ3v) is 9.61. The van der Waals surface area contributed by atoms with Crippen LogP contribution in [0.5, 0.6) is 0 Å². The zero-order valence-corrected chi connectivity index (χ0v) is 32.6. The van der Waals surface area contributed by atoms with Gasteiger partial charge < -0.3 is 9.97 Å². The summed E-state index contributed by atoms with van der Waals surface area (Å²) in [5.74, 6) is 0. The van der Waals surface area contributed by atoms with E-state index in [0.717, 1.165) is 50.1 Å². The second kappa shape index (κ2) is 16.3. The average molecular weight is 873 g/mol. The molecule has 0 fully saturated rings. The van der Waals surface area contributed by atoms with Crippen molar-refractivity contribution >= 4 is 21.7 Å². The molecule has 0 aliphatic carbocycles. The molecular weight excluding hydrogens is 837 g/mol. The summed E-state index contributed by atoms with van der Waals surface area (Å²) >= 11 is 0. The summed E-state index contributed by atoms with van der Waals surface area (Å²) in [5, 5.41) is 3.56. The van der Waals surface area contributed by atoms with E-state index in [1.54, 1.807) is 6.20 Å². The van der Waals surface area contributed by atoms with Crippen LogP contribution in [0.4, 0.5) is 0 Å². The van der Waals surface area contributed by atoms with Gasteiger partial charge in [0.2, 0.25) is 0 Å². The third-order valence-electron chi connectivity index (χ3n) is 9.61. The van der Waals surface area contributed by atoms with Crippen LogP contribution in [0.15, 0.2) is 164 Å². The van der Waals surface area contributed by atoms with E-state index in [4.69, 9.17) is 4.98 Å². The minimum atomic E-state index is 0. The molecule has 0 saturated carbocycles. The Bertz CT molecular complexity index is 2660. The first-order valence-corrected chi connectivity index (χ1v) is 17.7. The van der Waals surface area contributed by atoms with Gasteiger partial charge in [0.15, 0.2) is 0 Å². The van der Waals surface area contributed by atoms with Crippen molar-refractivity contribution in [3.63, 3.8) is 0 Å². The van der Waals surface area contributed by atoms with Gasteiger partial charge in [0.05, 0.1) is 5.52 Å². The largest absolute Gasteiger partial charge is 0.305 e. The van der Waals surface area contributed by atoms with Crippen LogP contribution in [-0.4, -0.2) is 19.9 Å². The smallest absolute Gasteiger partial charge is 0.0714 e. The number of rotatable bonds is 5. The summed E-state index contributed by atoms with van der Waals surface area (Å²) < 4.78 is 0. The van der Waals surface area contributed by atoms with Crippen molar-refractivity contribution in [2.45, 2.75) is 20.8 Å². The van der Waals surface area contributed by atoms with Crippen molar-refractivity contribution in [1.29, 1.82) is 0 Å². The van der Waals surface area contributed by atoms with Gasteiger partial charge in [0, 0.05) is 62.0 Å². The number of nitrogens with zero attached hydrogens (tertiary/aromatic N) is 4. The molecule has 0 aliphatic heterocycles. The van der Waals surface area contributed by atoms with Crippen LogP contribution < -0.4 is 0 Å². The molecule has 4 nitrogen and oxygen atoms in total. The summed E-state index contributed by atoms with van der Waals surface area (Å²) in [5.41, 5.74) is 15.6. The molecule has 9 rings (SSSR count). The molecule has 4 aromatic heterocycles. The van der Waals surface area contributed by atoms with E-state index in [0.29, 0.717) is 0 Å². The van der Waals surface area contributed by atoms with E-state index in [1.807, 2.05) is 91.5 Å². The molecule has 0 N–H and O–H groups in total. The standard InChI is InChI=1S/C38H28N3.C11H8N.Ir/c1-24-15-18-41-36(19-24)28-7-4-8-29(20-28)38-25(2)11-13-31(26(38)3)35-22-37-33(10-6-17-40-37)32-14-12-27(21-34(32)35)30-9-5-16-39-23-30;1-2-6-10(7-3-1)11-8-4-5-9-12-11;/h4-6,8-23H,1-3H3;1-6,8-9H;/q2*-1;. The summed E-state index contributed by atoms with van der Waals surface area (Å²) in [7, 11) is 0. The molecule has 263 valence electrons. The Hall–Kier alpha value is -6.13. The minimum Gasteiger partial charge on any atom is -0.305 e. The SMILES string of the molecule is Cc1ccnc(-c2[c-]ccc(-c3c(C)ccc(-c4cc5ncccc5c5ccc(-c6cccnc6)cc45)c3C)c2)c1.[Ir].[c-]1ccccc1-c1ccccn1. The van der Waals surface area contributed by atoms with Gasteiger partial charge in [-0.1, -0.05) is 60.2 Å². The van der Waals surface area contributed by atoms with Crippen molar-refractivity contribution in [2.75, 3.05) is 0 Å². The van der Waals surface area contributed by atoms with E-state index >= 15 is 0 Å². The van der Waals surface area contributed by atoms with Crippen LogP contribution in [0.1, 0.15) is 16.7 Å². The van der Waals surface area contributed by atoms with Gasteiger partial charge in [-0.05, 0) is 113 Å². The Balaban J connectivity index is 0.000000294. The second-order valence-electron chi connectivity index (χ2n) is 13.1. The summed E-state index contributed by atoms with van der Waals surface area (Å²) in [6.45, 7) is 6.52. The number of fused-ring (bicyclic) bond motifs is 3. The molecule has 0 atom stereocenters. The molecule has 4 heterocycles. The van der Waals surface area contributed by atoms with Gasteiger partial charge in [-0.15, -0.1) is 71.3 Å². The number of hydrogen-bond acceptors (Lipinski definition) is 4. The molecular formula is C49H36IrN4-2. The van der Waals surface area contributed by atoms with Gasteiger partial charge in [0.25, 0.3) is 0 Å². The van der Waals surface area contributed by atoms with E-state index in [1.165, 1.54) is 44.2 Å². The number of pyridine rings is 4. The van der Waals surface area contributed by atoms with Crippen LogP contribution in [0.25, 0.3) is 77.6 Å². The molecule has 0 bridgehead atoms. The minimum absolute atomic E-state index is 0. The Kier molecular flexibility index (Phi) is 10.9. The van der Waals surface area contributed by atoms with Crippen molar-refractivity contribution in [1.82, 2.24) is 19.9 Å². The van der Waals surface area contributed by atoms with Crippen LogP contribution in [0, 0.1) is 32.9 Å². The quantitative estimate of drug-likeness (QED) is 0.128. The van der Waals surface area contributed by atoms with Gasteiger partial charge in [-0.25, -0.2) is 0 Å². The maximum Gasteiger partial charge on any atom is 0.0714 e. The van der Waals surface area contributed by atoms with E-state index in [-0.39, 0.29) is 20.1 Å². The monoisotopic (exact) mass is 873 g/mol. The summed E-state index contributed by atoms with van der Waals surface area (Å²) in [6.07, 6.45) is 9.26. The van der Waals surface area contributed by atoms with Crippen molar-refractivity contribution in [3.05, 3.63) is 193 Å². The van der Waals surface area contributed by atoms with Gasteiger partial charge in [-0.3, -0.25) is 9.97 Å². The van der Waals surface area contributed by atoms with Crippen molar-refractivity contribution in [2.24, 2.45) is 0 Å². The molecule has 5 aromatic carbocycles. The van der Waals surface area contributed by atoms with Crippen LogP contribution >= 0.6 is 0 Å². The number of aromatic nitrogens is 4. The molecule has 1 radical (unpaired) electrons. The maximum absolute atomic E-state index is 4.76. The number of aryl methyl sites for hydroxylation is 2. The Labute approximate surface area is 330 Å². The molecule has 0 spiro atoms. The molecule has 9 aromatic rings. The van der Waals surface area contributed by atoms with Crippen molar-refractivity contribution < 1.29 is 20.1 Å². The average Bonchev–Trinajstić information content (AvgIpc) is 3.22. The normalized spacial score (nSPS) is 10.7. The first-order valence-electron chi connectivity index (χ1n) is 17.7. The first kappa shape index (κ1) is 36.2. The zero-order valence-electron chi connectivity index (χ0n) is 30.2. The third kappa shape index (κ3) is 7.51. The second-order valence-corrected chi connectivity index (χ2v) is 13.1. The molecule has 0 unspecified atom stereocenters. The van der Waals surface area contributed by atoms with E-state index in [2.05, 4.69) is 115 Å². The first-order chi connectivity index (χ1) is 26.0. The fraction of sp³-hybridized carbons (Fsp3) is 0.0612. The van der Waals surface area contributed by atoms with Gasteiger partial charge in [-0.2, -0.15) is 0 Å². The predicted molar refractivity (Wildman–Crippen MR) is 218 cm³/mol. The van der Waals surface area contributed by atoms with E-state index in [9.17, 15) is 0 Å². The topological polar surface area (TPSA) is 51.6 Å². The molecule has 0 amide bonds. The fourth-order valence-corrected chi connectivity index (χ4v) is 7.02. The molecule has 0 saturated heterocycles. The van der Waals surface area contributed by atoms with Crippen LogP contribution in [-0.2, 0) is 20.1 Å². The zero-order chi connectivity index (χ0) is 36.1.